The molecule has 0 aliphatic carbocycles. The van der Waals surface area contributed by atoms with Crippen molar-refractivity contribution in [1.29, 1.82) is 0 Å². The second-order valence-electron chi connectivity index (χ2n) is 8.01. The summed E-state index contributed by atoms with van der Waals surface area (Å²) >= 11 is 0. The lowest BCUT2D eigenvalue weighted by atomic mass is 10.0. The SMILES string of the molecule is [C-]#[N+]c1ccc2ncn(-c3ncc4c(n3)n(C3CCOc5cc(F)ccc53)c(=O)n4CC)c2c1. The molecule has 0 spiro atoms. The predicted molar refractivity (Wildman–Crippen MR) is 123 cm³/mol. The minimum Gasteiger partial charge on any atom is -0.493 e. The molecule has 0 bridgehead atoms. The second-order valence-corrected chi connectivity index (χ2v) is 8.01. The molecule has 1 aliphatic heterocycles. The average molecular weight is 455 g/mol. The Bertz CT molecular complexity index is 1690. The number of fused-ring (bicyclic) bond motifs is 3. The van der Waals surface area contributed by atoms with Gasteiger partial charge in [-0.1, -0.05) is 12.1 Å². The summed E-state index contributed by atoms with van der Waals surface area (Å²) in [6.45, 7) is 10.0. The van der Waals surface area contributed by atoms with Gasteiger partial charge in [-0.05, 0) is 25.1 Å². The Morgan fingerprint density at radius 1 is 1.21 bits per heavy atom. The average Bonchev–Trinajstić information content (AvgIpc) is 3.40. The first kappa shape index (κ1) is 20.1. The van der Waals surface area contributed by atoms with Crippen LogP contribution in [-0.4, -0.2) is 35.3 Å². The lowest BCUT2D eigenvalue weighted by Gasteiger charge is -2.26. The Hall–Kier alpha value is -4.52. The summed E-state index contributed by atoms with van der Waals surface area (Å²) in [6, 6.07) is 9.24. The van der Waals surface area contributed by atoms with Crippen LogP contribution < -0.4 is 10.4 Å². The lowest BCUT2D eigenvalue weighted by Crippen LogP contribution is -2.31. The number of hydrogen-bond donors (Lipinski definition) is 0. The number of rotatable bonds is 3. The van der Waals surface area contributed by atoms with Crippen molar-refractivity contribution in [3.05, 3.63) is 82.2 Å². The summed E-state index contributed by atoms with van der Waals surface area (Å²) in [7, 11) is 0. The van der Waals surface area contributed by atoms with Crippen molar-refractivity contribution in [3.8, 4) is 11.7 Å². The van der Waals surface area contributed by atoms with Crippen LogP contribution in [0.4, 0.5) is 10.1 Å². The van der Waals surface area contributed by atoms with E-state index in [1.807, 2.05) is 6.92 Å². The van der Waals surface area contributed by atoms with Crippen molar-refractivity contribution in [2.75, 3.05) is 6.61 Å². The van der Waals surface area contributed by atoms with Crippen LogP contribution in [0.1, 0.15) is 24.9 Å². The van der Waals surface area contributed by atoms with E-state index in [1.54, 1.807) is 50.5 Å². The zero-order valence-corrected chi connectivity index (χ0v) is 18.1. The number of halogens is 1. The summed E-state index contributed by atoms with van der Waals surface area (Å²) in [5.41, 5.74) is 3.50. The number of aryl methyl sites for hydroxylation is 1. The standard InChI is InChI=1S/C24H18FN7O2/c1-3-30-20-12-27-23(31-13-28-17-7-5-15(26-2)11-19(17)31)29-22(20)32(24(30)33)18-8-9-34-21-10-14(25)4-6-16(18)21/h4-7,10-13,18H,3,8-9H2,1H3. The highest BCUT2D eigenvalue weighted by atomic mass is 19.1. The van der Waals surface area contributed by atoms with Crippen molar-refractivity contribution in [2.45, 2.75) is 25.9 Å². The van der Waals surface area contributed by atoms with Gasteiger partial charge in [-0.2, -0.15) is 4.98 Å². The van der Waals surface area contributed by atoms with Crippen LogP contribution in [0, 0.1) is 12.4 Å². The van der Waals surface area contributed by atoms with Crippen molar-refractivity contribution in [2.24, 2.45) is 0 Å². The summed E-state index contributed by atoms with van der Waals surface area (Å²) in [5.74, 6) is 0.380. The van der Waals surface area contributed by atoms with Gasteiger partial charge in [-0.3, -0.25) is 13.7 Å². The summed E-state index contributed by atoms with van der Waals surface area (Å²) in [5, 5.41) is 0. The number of imidazole rings is 2. The largest absolute Gasteiger partial charge is 0.493 e. The number of benzene rings is 2. The molecule has 4 heterocycles. The van der Waals surface area contributed by atoms with Gasteiger partial charge in [0.05, 0.1) is 36.5 Å². The maximum atomic E-state index is 13.8. The fourth-order valence-electron chi connectivity index (χ4n) is 4.59. The molecule has 5 aromatic rings. The molecule has 1 atom stereocenters. The first-order valence-corrected chi connectivity index (χ1v) is 10.8. The van der Waals surface area contributed by atoms with E-state index in [2.05, 4.69) is 14.8 Å². The van der Waals surface area contributed by atoms with Crippen molar-refractivity contribution in [3.63, 3.8) is 0 Å². The normalized spacial score (nSPS) is 15.3. The Kier molecular flexibility index (Phi) is 4.45. The Morgan fingerprint density at radius 3 is 2.91 bits per heavy atom. The van der Waals surface area contributed by atoms with E-state index >= 15 is 0 Å². The van der Waals surface area contributed by atoms with Gasteiger partial charge in [0.2, 0.25) is 5.95 Å². The fourth-order valence-corrected chi connectivity index (χ4v) is 4.59. The van der Waals surface area contributed by atoms with E-state index in [0.29, 0.717) is 59.2 Å². The topological polar surface area (TPSA) is 84.1 Å². The molecule has 1 unspecified atom stereocenters. The van der Waals surface area contributed by atoms with E-state index in [1.165, 1.54) is 12.1 Å². The Balaban J connectivity index is 1.59. The molecule has 0 saturated heterocycles. The zero-order valence-electron chi connectivity index (χ0n) is 18.1. The molecule has 0 radical (unpaired) electrons. The quantitative estimate of drug-likeness (QED) is 0.384. The third kappa shape index (κ3) is 2.90. The number of nitrogens with zero attached hydrogens (tertiary/aromatic N) is 7. The van der Waals surface area contributed by atoms with Crippen molar-refractivity contribution in [1.82, 2.24) is 28.7 Å². The van der Waals surface area contributed by atoms with Gasteiger partial charge < -0.3 is 4.74 Å². The van der Waals surface area contributed by atoms with Crippen LogP contribution >= 0.6 is 0 Å². The molecule has 3 aromatic heterocycles. The molecule has 2 aromatic carbocycles. The molecule has 0 fully saturated rings. The van der Waals surface area contributed by atoms with Crippen molar-refractivity contribution >= 4 is 27.9 Å². The summed E-state index contributed by atoms with van der Waals surface area (Å²) < 4.78 is 24.4. The van der Waals surface area contributed by atoms with E-state index in [0.717, 1.165) is 5.56 Å². The second kappa shape index (κ2) is 7.52. The minimum absolute atomic E-state index is 0.211. The van der Waals surface area contributed by atoms with Gasteiger partial charge >= 0.3 is 5.69 Å². The van der Waals surface area contributed by atoms with Crippen LogP contribution in [0.25, 0.3) is 33.0 Å². The Morgan fingerprint density at radius 2 is 2.09 bits per heavy atom. The highest BCUT2D eigenvalue weighted by Gasteiger charge is 2.29. The van der Waals surface area contributed by atoms with Crippen molar-refractivity contribution < 1.29 is 9.13 Å². The van der Waals surface area contributed by atoms with Crippen LogP contribution in [0.5, 0.6) is 5.75 Å². The van der Waals surface area contributed by atoms with Gasteiger partial charge in [-0.25, -0.2) is 24.0 Å². The fraction of sp³-hybridized carbons (Fsp3) is 0.208. The van der Waals surface area contributed by atoms with Crippen LogP contribution in [-0.2, 0) is 6.54 Å². The van der Waals surface area contributed by atoms with E-state index in [-0.39, 0.29) is 11.7 Å². The minimum atomic E-state index is -0.391. The summed E-state index contributed by atoms with van der Waals surface area (Å²) in [4.78, 5) is 30.7. The van der Waals surface area contributed by atoms with Crippen LogP contribution in [0.2, 0.25) is 0 Å². The molecule has 1 aliphatic rings. The molecule has 0 amide bonds. The highest BCUT2D eigenvalue weighted by molar-refractivity contribution is 5.81. The molecule has 9 nitrogen and oxygen atoms in total. The van der Waals surface area contributed by atoms with Gasteiger partial charge in [0.25, 0.3) is 0 Å². The molecule has 0 N–H and O–H groups in total. The summed E-state index contributed by atoms with van der Waals surface area (Å²) in [6.07, 6.45) is 3.78. The van der Waals surface area contributed by atoms with E-state index < -0.39 is 5.82 Å². The van der Waals surface area contributed by atoms with Gasteiger partial charge in [0.15, 0.2) is 11.3 Å². The molecule has 34 heavy (non-hydrogen) atoms. The van der Waals surface area contributed by atoms with E-state index in [4.69, 9.17) is 16.3 Å². The maximum Gasteiger partial charge on any atom is 0.330 e. The molecule has 10 heteroatoms. The molecular weight excluding hydrogens is 437 g/mol. The predicted octanol–water partition coefficient (Wildman–Crippen LogP) is 4.01. The van der Waals surface area contributed by atoms with Gasteiger partial charge in [0, 0.05) is 24.6 Å². The first-order chi connectivity index (χ1) is 16.6. The molecule has 6 rings (SSSR count). The smallest absolute Gasteiger partial charge is 0.330 e. The molecule has 168 valence electrons. The number of aromatic nitrogens is 6. The Labute approximate surface area is 192 Å². The third-order valence-electron chi connectivity index (χ3n) is 6.18. The van der Waals surface area contributed by atoms with Gasteiger partial charge in [-0.15, -0.1) is 0 Å². The third-order valence-corrected chi connectivity index (χ3v) is 6.18. The van der Waals surface area contributed by atoms with Crippen LogP contribution in [0.15, 0.2) is 53.7 Å². The lowest BCUT2D eigenvalue weighted by molar-refractivity contribution is 0.254. The number of hydrogen-bond acceptors (Lipinski definition) is 5. The molecular formula is C24H18FN7O2. The zero-order chi connectivity index (χ0) is 23.4. The number of ether oxygens (including phenoxy) is 1. The van der Waals surface area contributed by atoms with E-state index in [9.17, 15) is 9.18 Å². The first-order valence-electron chi connectivity index (χ1n) is 10.8. The monoisotopic (exact) mass is 455 g/mol. The van der Waals surface area contributed by atoms with Gasteiger partial charge in [0.1, 0.15) is 23.4 Å². The maximum absolute atomic E-state index is 13.8. The highest BCUT2D eigenvalue weighted by Crippen LogP contribution is 2.36. The molecule has 0 saturated carbocycles. The van der Waals surface area contributed by atoms with Crippen LogP contribution in [0.3, 0.4) is 0 Å².